The van der Waals surface area contributed by atoms with Gasteiger partial charge < -0.3 is 4.52 Å². The van der Waals surface area contributed by atoms with Gasteiger partial charge in [0.1, 0.15) is 6.26 Å². The van der Waals surface area contributed by atoms with Gasteiger partial charge in [0.05, 0.1) is 11.8 Å². The Hall–Kier alpha value is -1.71. The van der Waals surface area contributed by atoms with Gasteiger partial charge in [-0.25, -0.2) is 9.97 Å². The van der Waals surface area contributed by atoms with Crippen molar-refractivity contribution in [1.82, 2.24) is 15.1 Å². The van der Waals surface area contributed by atoms with E-state index in [0.29, 0.717) is 5.82 Å². The molecule has 0 N–H and O–H groups in total. The number of nitrogens with zero attached hydrogens (tertiary/aromatic N) is 3. The first-order valence-electron chi connectivity index (χ1n) is 3.13. The maximum atomic E-state index is 4.64. The van der Waals surface area contributed by atoms with Gasteiger partial charge in [0.25, 0.3) is 0 Å². The highest BCUT2D eigenvalue weighted by atomic mass is 16.5. The smallest absolute Gasteiger partial charge is 0.164 e. The minimum Gasteiger partial charge on any atom is -0.364 e. The summed E-state index contributed by atoms with van der Waals surface area (Å²) in [5.41, 5.74) is 0.797. The highest BCUT2D eigenvalue weighted by Gasteiger charge is 1.99. The lowest BCUT2D eigenvalue weighted by molar-refractivity contribution is 0.420. The molecular weight excluding hydrogens is 142 g/mol. The van der Waals surface area contributed by atoms with Gasteiger partial charge in [0.15, 0.2) is 5.82 Å². The van der Waals surface area contributed by atoms with Crippen molar-refractivity contribution in [3.63, 3.8) is 0 Å². The van der Waals surface area contributed by atoms with Crippen LogP contribution in [0, 0.1) is 0 Å². The van der Waals surface area contributed by atoms with E-state index in [1.54, 1.807) is 24.7 Å². The van der Waals surface area contributed by atoms with Crippen LogP contribution < -0.4 is 0 Å². The Morgan fingerprint density at radius 3 is 2.64 bits per heavy atom. The maximum Gasteiger partial charge on any atom is 0.164 e. The van der Waals surface area contributed by atoms with Gasteiger partial charge in [0.2, 0.25) is 0 Å². The lowest BCUT2D eigenvalue weighted by Crippen LogP contribution is -1.83. The average molecular weight is 147 g/mol. The molecule has 11 heavy (non-hydrogen) atoms. The van der Waals surface area contributed by atoms with Crippen LogP contribution in [0.25, 0.3) is 11.4 Å². The molecule has 0 unspecified atom stereocenters. The van der Waals surface area contributed by atoms with Crippen LogP contribution in [0.5, 0.6) is 0 Å². The molecule has 4 heteroatoms. The van der Waals surface area contributed by atoms with Gasteiger partial charge in [-0.05, 0) is 6.07 Å². The Balaban J connectivity index is 2.46. The predicted molar refractivity (Wildman–Crippen MR) is 37.5 cm³/mol. The van der Waals surface area contributed by atoms with E-state index in [4.69, 9.17) is 0 Å². The summed E-state index contributed by atoms with van der Waals surface area (Å²) in [4.78, 5) is 8.02. The Bertz CT molecular complexity index is 317. The molecule has 0 radical (unpaired) electrons. The van der Waals surface area contributed by atoms with Crippen molar-refractivity contribution in [2.45, 2.75) is 0 Å². The quantitative estimate of drug-likeness (QED) is 0.606. The summed E-state index contributed by atoms with van der Waals surface area (Å²) in [7, 11) is 0. The van der Waals surface area contributed by atoms with Gasteiger partial charge in [0, 0.05) is 12.4 Å². The van der Waals surface area contributed by atoms with Gasteiger partial charge in [-0.3, -0.25) is 0 Å². The van der Waals surface area contributed by atoms with Crippen LogP contribution >= 0.6 is 0 Å². The Kier molecular flexibility index (Phi) is 1.37. The highest BCUT2D eigenvalue weighted by Crippen LogP contribution is 2.10. The topological polar surface area (TPSA) is 51.8 Å². The van der Waals surface area contributed by atoms with Gasteiger partial charge in [-0.2, -0.15) is 0 Å². The first-order chi connectivity index (χ1) is 5.47. The van der Waals surface area contributed by atoms with Crippen molar-refractivity contribution >= 4 is 0 Å². The fourth-order valence-electron chi connectivity index (χ4n) is 0.763. The summed E-state index contributed by atoms with van der Waals surface area (Å²) in [6.45, 7) is 0. The van der Waals surface area contributed by atoms with E-state index in [2.05, 4.69) is 19.6 Å². The molecule has 2 aromatic rings. The molecule has 0 spiro atoms. The number of rotatable bonds is 1. The summed E-state index contributed by atoms with van der Waals surface area (Å²) >= 11 is 0. The van der Waals surface area contributed by atoms with Crippen molar-refractivity contribution in [2.24, 2.45) is 0 Å². The second-order valence-electron chi connectivity index (χ2n) is 1.99. The lowest BCUT2D eigenvalue weighted by atomic mass is 10.3. The molecule has 0 aliphatic heterocycles. The van der Waals surface area contributed by atoms with Crippen LogP contribution in [-0.4, -0.2) is 15.1 Å². The summed E-state index contributed by atoms with van der Waals surface area (Å²) in [5, 5.41) is 3.54. The SMILES string of the molecule is c1cnc(-c2cnoc2)nc1. The van der Waals surface area contributed by atoms with Crippen LogP contribution in [0.1, 0.15) is 0 Å². The van der Waals surface area contributed by atoms with Gasteiger partial charge in [-0.15, -0.1) is 0 Å². The third kappa shape index (κ3) is 1.10. The molecule has 0 aliphatic carbocycles. The first kappa shape index (κ1) is 6.03. The number of hydrogen-bond donors (Lipinski definition) is 0. The molecule has 2 aromatic heterocycles. The van der Waals surface area contributed by atoms with Crippen LogP contribution in [0.2, 0.25) is 0 Å². The predicted octanol–water partition coefficient (Wildman–Crippen LogP) is 1.13. The minimum absolute atomic E-state index is 0.633. The average Bonchev–Trinajstić information content (AvgIpc) is 2.58. The molecule has 0 saturated carbocycles. The highest BCUT2D eigenvalue weighted by molar-refractivity contribution is 5.50. The Labute approximate surface area is 62.9 Å². The molecule has 0 fully saturated rings. The fraction of sp³-hybridized carbons (Fsp3) is 0. The second kappa shape index (κ2) is 2.49. The number of hydrogen-bond acceptors (Lipinski definition) is 4. The van der Waals surface area contributed by atoms with Crippen LogP contribution in [0.15, 0.2) is 35.4 Å². The summed E-state index contributed by atoms with van der Waals surface area (Å²) in [5.74, 6) is 0.633. The Morgan fingerprint density at radius 2 is 2.00 bits per heavy atom. The van der Waals surface area contributed by atoms with E-state index >= 15 is 0 Å². The zero-order chi connectivity index (χ0) is 7.52. The molecule has 54 valence electrons. The molecule has 0 saturated heterocycles. The third-order valence-electron chi connectivity index (χ3n) is 1.26. The number of aromatic nitrogens is 3. The summed E-state index contributed by atoms with van der Waals surface area (Å²) < 4.78 is 4.64. The summed E-state index contributed by atoms with van der Waals surface area (Å²) in [6, 6.07) is 1.76. The van der Waals surface area contributed by atoms with Crippen molar-refractivity contribution in [2.75, 3.05) is 0 Å². The third-order valence-corrected chi connectivity index (χ3v) is 1.26. The standard InChI is InChI=1S/C7H5N3O/c1-2-8-7(9-3-1)6-4-10-11-5-6/h1-5H. The minimum atomic E-state index is 0.633. The van der Waals surface area contributed by atoms with E-state index in [1.165, 1.54) is 6.26 Å². The molecule has 0 aromatic carbocycles. The van der Waals surface area contributed by atoms with E-state index in [-0.39, 0.29) is 0 Å². The Morgan fingerprint density at radius 1 is 1.18 bits per heavy atom. The van der Waals surface area contributed by atoms with Crippen molar-refractivity contribution in [1.29, 1.82) is 0 Å². The molecule has 2 heterocycles. The zero-order valence-corrected chi connectivity index (χ0v) is 5.64. The lowest BCUT2D eigenvalue weighted by Gasteiger charge is -1.89. The fourth-order valence-corrected chi connectivity index (χ4v) is 0.763. The van der Waals surface area contributed by atoms with Crippen molar-refractivity contribution in [3.05, 3.63) is 30.9 Å². The van der Waals surface area contributed by atoms with E-state index in [1.807, 2.05) is 0 Å². The molecule has 4 nitrogen and oxygen atoms in total. The molecule has 0 bridgehead atoms. The monoisotopic (exact) mass is 147 g/mol. The van der Waals surface area contributed by atoms with E-state index < -0.39 is 0 Å². The van der Waals surface area contributed by atoms with Gasteiger partial charge >= 0.3 is 0 Å². The zero-order valence-electron chi connectivity index (χ0n) is 5.64. The molecule has 0 amide bonds. The first-order valence-corrected chi connectivity index (χ1v) is 3.13. The van der Waals surface area contributed by atoms with Crippen LogP contribution in [0.3, 0.4) is 0 Å². The second-order valence-corrected chi connectivity index (χ2v) is 1.99. The van der Waals surface area contributed by atoms with Crippen molar-refractivity contribution < 1.29 is 4.52 Å². The van der Waals surface area contributed by atoms with E-state index in [9.17, 15) is 0 Å². The van der Waals surface area contributed by atoms with Crippen LogP contribution in [-0.2, 0) is 0 Å². The molecular formula is C7H5N3O. The van der Waals surface area contributed by atoms with E-state index in [0.717, 1.165) is 5.56 Å². The summed E-state index contributed by atoms with van der Waals surface area (Å²) in [6.07, 6.45) is 6.44. The van der Waals surface area contributed by atoms with Gasteiger partial charge in [-0.1, -0.05) is 5.16 Å². The molecule has 0 atom stereocenters. The normalized spacial score (nSPS) is 9.82. The molecule has 2 rings (SSSR count). The van der Waals surface area contributed by atoms with Crippen LogP contribution in [0.4, 0.5) is 0 Å². The molecule has 0 aliphatic rings. The maximum absolute atomic E-state index is 4.64. The largest absolute Gasteiger partial charge is 0.364 e. The van der Waals surface area contributed by atoms with Crippen molar-refractivity contribution in [3.8, 4) is 11.4 Å².